The normalized spacial score (nSPS) is 22.0. The van der Waals surface area contributed by atoms with Gasteiger partial charge in [0.2, 0.25) is 35.4 Å². The Hall–Kier alpha value is -3.06. The highest BCUT2D eigenvalue weighted by atomic mass is 16.5. The molecule has 2 rings (SSSR count). The zero-order valence-corrected chi connectivity index (χ0v) is 25.7. The Labute approximate surface area is 248 Å². The minimum Gasteiger partial charge on any atom is -0.377 e. The van der Waals surface area contributed by atoms with Crippen molar-refractivity contribution in [3.8, 4) is 0 Å². The number of ether oxygens (including phenoxy) is 2. The topological polar surface area (TPSA) is 172 Å². The van der Waals surface area contributed by atoms with Gasteiger partial charge in [-0.15, -0.1) is 0 Å². The van der Waals surface area contributed by atoms with Crippen LogP contribution < -0.4 is 21.3 Å². The molecule has 1 heterocycles. The van der Waals surface area contributed by atoms with Gasteiger partial charge in [0.25, 0.3) is 0 Å². The first-order valence-corrected chi connectivity index (χ1v) is 15.1. The van der Waals surface area contributed by atoms with Crippen LogP contribution >= 0.6 is 0 Å². The Bertz CT molecular complexity index is 950. The van der Waals surface area contributed by atoms with E-state index in [1.165, 1.54) is 4.90 Å². The zero-order valence-electron chi connectivity index (χ0n) is 25.7. The number of nitrogens with one attached hydrogen (secondary N) is 4. The number of hydrogen-bond acceptors (Lipinski definition) is 8. The first kappa shape index (κ1) is 35.1. The number of hydrogen-bond donors (Lipinski definition) is 4. The molecule has 3 atom stereocenters. The van der Waals surface area contributed by atoms with Gasteiger partial charge in [0.05, 0.1) is 19.8 Å². The van der Waals surface area contributed by atoms with E-state index in [0.717, 1.165) is 25.7 Å². The molecule has 0 radical (unpaired) electrons. The van der Waals surface area contributed by atoms with Gasteiger partial charge in [-0.2, -0.15) is 0 Å². The Balaban J connectivity index is 1.54. The molecule has 13 nitrogen and oxygen atoms in total. The molecule has 2 fully saturated rings. The second kappa shape index (κ2) is 17.8. The Morgan fingerprint density at radius 1 is 0.905 bits per heavy atom. The average molecular weight is 596 g/mol. The molecule has 13 heteroatoms. The average Bonchev–Trinajstić information content (AvgIpc) is 3.18. The molecule has 238 valence electrons. The van der Waals surface area contributed by atoms with Gasteiger partial charge in [0, 0.05) is 37.9 Å². The van der Waals surface area contributed by atoms with Crippen LogP contribution in [0.25, 0.3) is 0 Å². The highest BCUT2D eigenvalue weighted by molar-refractivity contribution is 6.03. The number of nitrogens with zero attached hydrogens (tertiary/aromatic N) is 1. The zero-order chi connectivity index (χ0) is 31.2. The molecule has 1 saturated heterocycles. The molecule has 0 spiro atoms. The second-order valence-electron chi connectivity index (χ2n) is 11.5. The fraction of sp³-hybridized carbons (Fsp3) is 0.793. The summed E-state index contributed by atoms with van der Waals surface area (Å²) in [4.78, 5) is 74.8. The van der Waals surface area contributed by atoms with Gasteiger partial charge in [0.1, 0.15) is 18.7 Å². The SMILES string of the molecule is CCNC(=O)[C@H](C)NC(=O)[C@@H](NC(=O)COCCOCCNC(=O)[C@H]1CC[C@H](CN2C(=O)CC(C)C2=O)CC1)C(C)C. The molecule has 6 amide bonds. The third-order valence-electron chi connectivity index (χ3n) is 7.65. The maximum atomic E-state index is 12.6. The van der Waals surface area contributed by atoms with Crippen LogP contribution in [0.4, 0.5) is 0 Å². The summed E-state index contributed by atoms with van der Waals surface area (Å²) in [5.41, 5.74) is 0. The van der Waals surface area contributed by atoms with Crippen LogP contribution in [-0.4, -0.2) is 98.5 Å². The van der Waals surface area contributed by atoms with E-state index in [1.54, 1.807) is 34.6 Å². The molecular formula is C29H49N5O8. The van der Waals surface area contributed by atoms with Crippen molar-refractivity contribution in [1.82, 2.24) is 26.2 Å². The molecule has 42 heavy (non-hydrogen) atoms. The van der Waals surface area contributed by atoms with Crippen LogP contribution in [0, 0.1) is 23.7 Å². The Kier molecular flexibility index (Phi) is 14.9. The third kappa shape index (κ3) is 11.3. The molecule has 0 aromatic carbocycles. The number of carbonyl (C=O) groups is 6. The summed E-state index contributed by atoms with van der Waals surface area (Å²) >= 11 is 0. The number of likely N-dealkylation sites (N-methyl/N-ethyl adjacent to an activating group) is 1. The number of imide groups is 1. The van der Waals surface area contributed by atoms with Crippen LogP contribution in [0.15, 0.2) is 0 Å². The summed E-state index contributed by atoms with van der Waals surface area (Å²) in [5, 5.41) is 10.8. The fourth-order valence-corrected chi connectivity index (χ4v) is 5.13. The van der Waals surface area contributed by atoms with Gasteiger partial charge in [0.15, 0.2) is 0 Å². The first-order chi connectivity index (χ1) is 19.9. The lowest BCUT2D eigenvalue weighted by Crippen LogP contribution is -2.55. The quantitative estimate of drug-likeness (QED) is 0.136. The maximum absolute atomic E-state index is 12.6. The number of amides is 6. The molecule has 4 N–H and O–H groups in total. The predicted molar refractivity (Wildman–Crippen MR) is 154 cm³/mol. The maximum Gasteiger partial charge on any atom is 0.246 e. The van der Waals surface area contributed by atoms with E-state index in [9.17, 15) is 28.8 Å². The van der Waals surface area contributed by atoms with Crippen LogP contribution in [0.2, 0.25) is 0 Å². The van der Waals surface area contributed by atoms with Crippen molar-refractivity contribution in [2.45, 2.75) is 78.8 Å². The number of carbonyl (C=O) groups excluding carboxylic acids is 6. The highest BCUT2D eigenvalue weighted by Gasteiger charge is 2.37. The van der Waals surface area contributed by atoms with E-state index in [-0.39, 0.29) is 67.1 Å². The van der Waals surface area contributed by atoms with Crippen molar-refractivity contribution < 1.29 is 38.2 Å². The standard InChI is InChI=1S/C29H49N5O8/c1-6-30-26(37)20(5)32-28(39)25(18(2)3)33-23(35)17-42-14-13-41-12-11-31-27(38)22-9-7-21(8-10-22)16-34-24(36)15-19(4)29(34)40/h18-22,25H,6-17H2,1-5H3,(H,30,37)(H,31,38)(H,32,39)(H,33,35)/t19?,20-,21-,22-,25-/m0/s1. The highest BCUT2D eigenvalue weighted by Crippen LogP contribution is 2.31. The van der Waals surface area contributed by atoms with Crippen molar-refractivity contribution in [1.29, 1.82) is 0 Å². The summed E-state index contributed by atoms with van der Waals surface area (Å²) in [5.74, 6) is -1.66. The summed E-state index contributed by atoms with van der Waals surface area (Å²) in [7, 11) is 0. The van der Waals surface area contributed by atoms with Crippen LogP contribution in [0.5, 0.6) is 0 Å². The van der Waals surface area contributed by atoms with Gasteiger partial charge in [-0.1, -0.05) is 20.8 Å². The van der Waals surface area contributed by atoms with Gasteiger partial charge >= 0.3 is 0 Å². The minimum atomic E-state index is -0.810. The predicted octanol–water partition coefficient (Wildman–Crippen LogP) is 0.119. The Morgan fingerprint density at radius 3 is 2.17 bits per heavy atom. The molecule has 1 aliphatic carbocycles. The largest absolute Gasteiger partial charge is 0.377 e. The summed E-state index contributed by atoms with van der Waals surface area (Å²) in [6, 6.07) is -1.53. The van der Waals surface area contributed by atoms with Gasteiger partial charge in [-0.3, -0.25) is 33.7 Å². The van der Waals surface area contributed by atoms with Crippen molar-refractivity contribution in [2.24, 2.45) is 23.7 Å². The molecule has 1 aliphatic heterocycles. The lowest BCUT2D eigenvalue weighted by Gasteiger charge is -2.30. The van der Waals surface area contributed by atoms with E-state index in [2.05, 4.69) is 21.3 Å². The number of rotatable bonds is 17. The van der Waals surface area contributed by atoms with Crippen molar-refractivity contribution >= 4 is 35.4 Å². The summed E-state index contributed by atoms with van der Waals surface area (Å²) in [6.07, 6.45) is 3.36. The second-order valence-corrected chi connectivity index (χ2v) is 11.5. The summed E-state index contributed by atoms with van der Waals surface area (Å²) in [6.45, 7) is 10.5. The van der Waals surface area contributed by atoms with Crippen LogP contribution in [-0.2, 0) is 38.2 Å². The van der Waals surface area contributed by atoms with E-state index in [0.29, 0.717) is 32.7 Å². The lowest BCUT2D eigenvalue weighted by atomic mass is 9.81. The van der Waals surface area contributed by atoms with Crippen molar-refractivity contribution in [3.63, 3.8) is 0 Å². The van der Waals surface area contributed by atoms with E-state index >= 15 is 0 Å². The number of likely N-dealkylation sites (tertiary alicyclic amines) is 1. The molecule has 1 saturated carbocycles. The van der Waals surface area contributed by atoms with Crippen molar-refractivity contribution in [2.75, 3.05) is 46.1 Å². The fourth-order valence-electron chi connectivity index (χ4n) is 5.13. The molecule has 0 aromatic rings. The smallest absolute Gasteiger partial charge is 0.246 e. The van der Waals surface area contributed by atoms with E-state index < -0.39 is 23.9 Å². The molecule has 2 aliphatic rings. The monoisotopic (exact) mass is 595 g/mol. The first-order valence-electron chi connectivity index (χ1n) is 15.1. The minimum absolute atomic E-state index is 0.0175. The molecule has 0 aromatic heterocycles. The van der Waals surface area contributed by atoms with E-state index in [1.807, 2.05) is 0 Å². The van der Waals surface area contributed by atoms with Crippen LogP contribution in [0.3, 0.4) is 0 Å². The van der Waals surface area contributed by atoms with Gasteiger partial charge < -0.3 is 30.7 Å². The van der Waals surface area contributed by atoms with E-state index in [4.69, 9.17) is 9.47 Å². The third-order valence-corrected chi connectivity index (χ3v) is 7.65. The summed E-state index contributed by atoms with van der Waals surface area (Å²) < 4.78 is 10.8. The molecular weight excluding hydrogens is 546 g/mol. The molecule has 1 unspecified atom stereocenters. The molecule has 0 bridgehead atoms. The van der Waals surface area contributed by atoms with Gasteiger partial charge in [-0.05, 0) is 51.4 Å². The van der Waals surface area contributed by atoms with Crippen LogP contribution in [0.1, 0.15) is 66.7 Å². The lowest BCUT2D eigenvalue weighted by molar-refractivity contribution is -0.140. The Morgan fingerprint density at radius 2 is 1.57 bits per heavy atom. The van der Waals surface area contributed by atoms with Gasteiger partial charge in [-0.25, -0.2) is 0 Å². The van der Waals surface area contributed by atoms with Crippen molar-refractivity contribution in [3.05, 3.63) is 0 Å².